The summed E-state index contributed by atoms with van der Waals surface area (Å²) in [5.74, 6) is 0.152. The van der Waals surface area contributed by atoms with E-state index >= 15 is 0 Å². The van der Waals surface area contributed by atoms with Gasteiger partial charge >= 0.3 is 0 Å². The molecular weight excluding hydrogens is 384 g/mol. The fourth-order valence-corrected chi connectivity index (χ4v) is 4.25. The number of hydrogen-bond donors (Lipinski definition) is 2. The van der Waals surface area contributed by atoms with Gasteiger partial charge in [-0.3, -0.25) is 0 Å². The van der Waals surface area contributed by atoms with Gasteiger partial charge in [-0.1, -0.05) is 23.7 Å². The molecule has 0 aliphatic heterocycles. The zero-order valence-corrected chi connectivity index (χ0v) is 16.1. The first-order valence-electron chi connectivity index (χ1n) is 8.29. The Labute approximate surface area is 162 Å². The Kier molecular flexibility index (Phi) is 4.09. The Hall–Kier alpha value is -2.64. The minimum atomic E-state index is -3.35. The first-order chi connectivity index (χ1) is 12.7. The normalized spacial score (nSPS) is 13.1. The van der Waals surface area contributed by atoms with E-state index in [1.807, 2.05) is 18.2 Å². The van der Waals surface area contributed by atoms with E-state index in [1.54, 1.807) is 18.2 Å². The standard InChI is InChI=1S/C19H17ClN4O2S/c1-27(25,26)12-4-2-3-11(7-12)18-17-13-9-15(21)14(20)8-10(13)5-6-16(17)23-19(22)24-18/h2-4,7-9H,5-6,21H2,1H3,(H2,22,23,24). The van der Waals surface area contributed by atoms with Crippen LogP contribution in [-0.4, -0.2) is 24.6 Å². The van der Waals surface area contributed by atoms with Crippen LogP contribution in [0.5, 0.6) is 0 Å². The molecule has 0 atom stereocenters. The number of halogens is 1. The molecule has 0 amide bonds. The molecule has 0 saturated carbocycles. The van der Waals surface area contributed by atoms with Crippen LogP contribution in [0.3, 0.4) is 0 Å². The summed E-state index contributed by atoms with van der Waals surface area (Å²) in [6.07, 6.45) is 2.63. The van der Waals surface area contributed by atoms with E-state index in [4.69, 9.17) is 23.1 Å². The summed E-state index contributed by atoms with van der Waals surface area (Å²) in [6, 6.07) is 10.3. The van der Waals surface area contributed by atoms with E-state index in [0.29, 0.717) is 28.4 Å². The summed E-state index contributed by atoms with van der Waals surface area (Å²) >= 11 is 6.18. The third-order valence-electron chi connectivity index (χ3n) is 4.66. The molecule has 0 radical (unpaired) electrons. The molecule has 4 N–H and O–H groups in total. The van der Waals surface area contributed by atoms with Crippen molar-refractivity contribution in [2.75, 3.05) is 17.7 Å². The van der Waals surface area contributed by atoms with Gasteiger partial charge in [0, 0.05) is 17.4 Å². The van der Waals surface area contributed by atoms with Crippen LogP contribution in [0.1, 0.15) is 11.3 Å². The van der Waals surface area contributed by atoms with Crippen LogP contribution < -0.4 is 11.5 Å². The lowest BCUT2D eigenvalue weighted by atomic mass is 9.86. The number of anilines is 2. The molecule has 4 rings (SSSR count). The number of benzene rings is 2. The molecule has 1 aliphatic rings. The molecule has 0 spiro atoms. The van der Waals surface area contributed by atoms with Gasteiger partial charge in [0.05, 0.1) is 27.0 Å². The highest BCUT2D eigenvalue weighted by Gasteiger charge is 2.24. The van der Waals surface area contributed by atoms with Crippen molar-refractivity contribution in [2.45, 2.75) is 17.7 Å². The summed E-state index contributed by atoms with van der Waals surface area (Å²) in [5, 5.41) is 0.509. The fourth-order valence-electron chi connectivity index (χ4n) is 3.40. The molecule has 2 aromatic carbocycles. The van der Waals surface area contributed by atoms with Crippen molar-refractivity contribution in [1.82, 2.24) is 9.97 Å². The number of rotatable bonds is 2. The Bertz CT molecular complexity index is 1190. The van der Waals surface area contributed by atoms with Crippen LogP contribution in [0.25, 0.3) is 22.4 Å². The van der Waals surface area contributed by atoms with Gasteiger partial charge in [-0.15, -0.1) is 0 Å². The minimum absolute atomic E-state index is 0.152. The van der Waals surface area contributed by atoms with Crippen LogP contribution in [0, 0.1) is 0 Å². The first-order valence-corrected chi connectivity index (χ1v) is 10.6. The number of nitrogen functional groups attached to an aromatic ring is 2. The second-order valence-corrected chi connectivity index (χ2v) is 9.01. The number of aromatic nitrogens is 2. The monoisotopic (exact) mass is 400 g/mol. The van der Waals surface area contributed by atoms with Gasteiger partial charge in [0.15, 0.2) is 9.84 Å². The molecule has 0 unspecified atom stereocenters. The van der Waals surface area contributed by atoms with Gasteiger partial charge in [0.2, 0.25) is 5.95 Å². The zero-order valence-electron chi connectivity index (χ0n) is 14.5. The highest BCUT2D eigenvalue weighted by molar-refractivity contribution is 7.90. The third kappa shape index (κ3) is 3.13. The van der Waals surface area contributed by atoms with Gasteiger partial charge in [0.25, 0.3) is 0 Å². The van der Waals surface area contributed by atoms with Gasteiger partial charge in [-0.05, 0) is 48.2 Å². The number of aryl methyl sites for hydroxylation is 2. The number of fused-ring (bicyclic) bond motifs is 3. The molecule has 6 nitrogen and oxygen atoms in total. The molecule has 1 aliphatic carbocycles. The second kappa shape index (κ2) is 6.21. The van der Waals surface area contributed by atoms with E-state index in [1.165, 1.54) is 6.26 Å². The average Bonchev–Trinajstić information content (AvgIpc) is 2.61. The largest absolute Gasteiger partial charge is 0.398 e. The zero-order chi connectivity index (χ0) is 19.3. The van der Waals surface area contributed by atoms with E-state index < -0.39 is 9.84 Å². The van der Waals surface area contributed by atoms with E-state index in [9.17, 15) is 8.42 Å². The van der Waals surface area contributed by atoms with Crippen molar-refractivity contribution in [2.24, 2.45) is 0 Å². The van der Waals surface area contributed by atoms with Crippen molar-refractivity contribution in [3.05, 3.63) is 52.7 Å². The molecule has 1 heterocycles. The molecule has 138 valence electrons. The number of sulfone groups is 1. The fraction of sp³-hybridized carbons (Fsp3) is 0.158. The Morgan fingerprint density at radius 3 is 2.59 bits per heavy atom. The lowest BCUT2D eigenvalue weighted by Crippen LogP contribution is -2.12. The molecule has 0 bridgehead atoms. The van der Waals surface area contributed by atoms with Crippen molar-refractivity contribution >= 4 is 33.1 Å². The topological polar surface area (TPSA) is 112 Å². The molecular formula is C19H17ClN4O2S. The summed E-state index contributed by atoms with van der Waals surface area (Å²) in [7, 11) is -3.35. The molecule has 3 aromatic rings. The highest BCUT2D eigenvalue weighted by Crippen LogP contribution is 2.42. The summed E-state index contributed by atoms with van der Waals surface area (Å²) in [5.41, 5.74) is 17.3. The average molecular weight is 401 g/mol. The van der Waals surface area contributed by atoms with Crippen LogP contribution in [0.4, 0.5) is 11.6 Å². The maximum absolute atomic E-state index is 12.0. The Morgan fingerprint density at radius 1 is 1.07 bits per heavy atom. The Balaban J connectivity index is 2.02. The van der Waals surface area contributed by atoms with Gasteiger partial charge in [-0.25, -0.2) is 18.4 Å². The summed E-state index contributed by atoms with van der Waals surface area (Å²) < 4.78 is 23.9. The predicted molar refractivity (Wildman–Crippen MR) is 107 cm³/mol. The molecule has 1 aromatic heterocycles. The predicted octanol–water partition coefficient (Wildman–Crippen LogP) is 3.13. The number of nitrogens with two attached hydrogens (primary N) is 2. The highest BCUT2D eigenvalue weighted by atomic mass is 35.5. The van der Waals surface area contributed by atoms with Crippen molar-refractivity contribution < 1.29 is 8.42 Å². The lowest BCUT2D eigenvalue weighted by Gasteiger charge is -2.23. The lowest BCUT2D eigenvalue weighted by molar-refractivity contribution is 0.602. The molecule has 0 saturated heterocycles. The van der Waals surface area contributed by atoms with Gasteiger partial charge in [-0.2, -0.15) is 0 Å². The number of hydrogen-bond acceptors (Lipinski definition) is 6. The SMILES string of the molecule is CS(=O)(=O)c1cccc(-c2nc(N)nc3c2-c2cc(N)c(Cl)cc2CC3)c1. The van der Waals surface area contributed by atoms with E-state index in [2.05, 4.69) is 9.97 Å². The van der Waals surface area contributed by atoms with E-state index in [0.717, 1.165) is 28.8 Å². The first kappa shape index (κ1) is 17.8. The third-order valence-corrected chi connectivity index (χ3v) is 6.10. The maximum atomic E-state index is 12.0. The second-order valence-electron chi connectivity index (χ2n) is 6.58. The molecule has 8 heteroatoms. The van der Waals surface area contributed by atoms with Crippen LogP contribution in [-0.2, 0) is 22.7 Å². The van der Waals surface area contributed by atoms with Crippen molar-refractivity contribution in [3.8, 4) is 22.4 Å². The smallest absolute Gasteiger partial charge is 0.220 e. The van der Waals surface area contributed by atoms with Crippen molar-refractivity contribution in [1.29, 1.82) is 0 Å². The minimum Gasteiger partial charge on any atom is -0.398 e. The Morgan fingerprint density at radius 2 is 1.85 bits per heavy atom. The van der Waals surface area contributed by atoms with Gasteiger partial charge in [0.1, 0.15) is 0 Å². The quantitative estimate of drug-likeness (QED) is 0.639. The molecule has 0 fully saturated rings. The summed E-state index contributed by atoms with van der Waals surface area (Å²) in [4.78, 5) is 9.05. The number of nitrogens with zero attached hydrogens (tertiary/aromatic N) is 2. The van der Waals surface area contributed by atoms with Crippen LogP contribution in [0.2, 0.25) is 5.02 Å². The summed E-state index contributed by atoms with van der Waals surface area (Å²) in [6.45, 7) is 0. The molecule has 27 heavy (non-hydrogen) atoms. The van der Waals surface area contributed by atoms with E-state index in [-0.39, 0.29) is 10.8 Å². The van der Waals surface area contributed by atoms with Crippen LogP contribution >= 0.6 is 11.6 Å². The van der Waals surface area contributed by atoms with Crippen molar-refractivity contribution in [3.63, 3.8) is 0 Å². The maximum Gasteiger partial charge on any atom is 0.220 e. The van der Waals surface area contributed by atoms with Crippen LogP contribution in [0.15, 0.2) is 41.3 Å². The van der Waals surface area contributed by atoms with Gasteiger partial charge < -0.3 is 11.5 Å².